The highest BCUT2D eigenvalue weighted by molar-refractivity contribution is 6.06. The highest BCUT2D eigenvalue weighted by atomic mass is 16.4. The van der Waals surface area contributed by atoms with Crippen LogP contribution in [0.4, 0.5) is 23.1 Å². The van der Waals surface area contributed by atoms with Gasteiger partial charge in [0.2, 0.25) is 11.9 Å². The van der Waals surface area contributed by atoms with Crippen molar-refractivity contribution >= 4 is 58.0 Å². The van der Waals surface area contributed by atoms with Crippen molar-refractivity contribution in [3.8, 4) is 0 Å². The summed E-state index contributed by atoms with van der Waals surface area (Å²) < 4.78 is 0. The second-order valence-corrected chi connectivity index (χ2v) is 11.4. The molecular weight excluding hydrogens is 630 g/mol. The van der Waals surface area contributed by atoms with E-state index in [1.807, 2.05) is 6.92 Å². The molecule has 2 heterocycles. The van der Waals surface area contributed by atoms with Gasteiger partial charge in [-0.3, -0.25) is 14.4 Å². The Morgan fingerprint density at radius 1 is 0.878 bits per heavy atom. The predicted octanol–water partition coefficient (Wildman–Crippen LogP) is 2.68. The van der Waals surface area contributed by atoms with E-state index in [2.05, 4.69) is 41.2 Å². The summed E-state index contributed by atoms with van der Waals surface area (Å²) in [5.41, 5.74) is 19.6. The van der Waals surface area contributed by atoms with Gasteiger partial charge in [-0.05, 0) is 81.6 Å². The monoisotopic (exact) mass is 671 g/mol. The van der Waals surface area contributed by atoms with Gasteiger partial charge < -0.3 is 43.6 Å². The number of anilines is 4. The molecule has 2 aromatic carbocycles. The van der Waals surface area contributed by atoms with Crippen molar-refractivity contribution in [3.63, 3.8) is 0 Å². The van der Waals surface area contributed by atoms with Crippen LogP contribution in [0.15, 0.2) is 48.7 Å². The molecule has 0 fully saturated rings. The number of fused-ring (bicyclic) bond motifs is 1. The van der Waals surface area contributed by atoms with Gasteiger partial charge in [0.25, 0.3) is 11.8 Å². The molecule has 4 aromatic rings. The fourth-order valence-electron chi connectivity index (χ4n) is 4.91. The van der Waals surface area contributed by atoms with Crippen molar-refractivity contribution < 1.29 is 24.3 Å². The summed E-state index contributed by atoms with van der Waals surface area (Å²) in [6.45, 7) is 3.03. The van der Waals surface area contributed by atoms with E-state index in [1.165, 1.54) is 18.2 Å². The number of aromatic nitrogens is 4. The number of aromatic carboxylic acids is 1. The van der Waals surface area contributed by atoms with Crippen molar-refractivity contribution in [1.29, 1.82) is 0 Å². The molecule has 0 radical (unpaired) electrons. The van der Waals surface area contributed by atoms with Crippen LogP contribution in [0.2, 0.25) is 0 Å². The Morgan fingerprint density at radius 3 is 2.37 bits per heavy atom. The summed E-state index contributed by atoms with van der Waals surface area (Å²) >= 11 is 0. The van der Waals surface area contributed by atoms with Gasteiger partial charge in [0.1, 0.15) is 0 Å². The summed E-state index contributed by atoms with van der Waals surface area (Å²) in [6.07, 6.45) is 5.30. The summed E-state index contributed by atoms with van der Waals surface area (Å²) in [6, 6.07) is 10.9. The number of amides is 3. The van der Waals surface area contributed by atoms with Crippen molar-refractivity contribution in [2.24, 2.45) is 5.73 Å². The zero-order valence-corrected chi connectivity index (χ0v) is 27.2. The van der Waals surface area contributed by atoms with E-state index >= 15 is 0 Å². The molecule has 0 bridgehead atoms. The van der Waals surface area contributed by atoms with Gasteiger partial charge in [-0.25, -0.2) is 14.8 Å². The third kappa shape index (κ3) is 10.6. The second kappa shape index (κ2) is 17.3. The van der Waals surface area contributed by atoms with Crippen LogP contribution in [0, 0.1) is 0 Å². The Bertz CT molecular complexity index is 1800. The number of carbonyl (C=O) groups excluding carboxylic acids is 3. The molecule has 11 N–H and O–H groups in total. The minimum absolute atomic E-state index is 0.0257. The Kier molecular flexibility index (Phi) is 12.7. The lowest BCUT2D eigenvalue weighted by Crippen LogP contribution is -2.33. The number of nitrogens with two attached hydrogens (primary N) is 3. The minimum Gasteiger partial charge on any atom is -0.478 e. The van der Waals surface area contributed by atoms with Crippen molar-refractivity contribution in [3.05, 3.63) is 71.0 Å². The molecule has 258 valence electrons. The van der Waals surface area contributed by atoms with E-state index in [4.69, 9.17) is 17.2 Å². The number of carbonyl (C=O) groups is 4. The van der Waals surface area contributed by atoms with Gasteiger partial charge in [0, 0.05) is 35.9 Å². The number of nitrogens with zero attached hydrogens (tertiary/aromatic N) is 4. The third-order valence-corrected chi connectivity index (χ3v) is 7.49. The van der Waals surface area contributed by atoms with Gasteiger partial charge in [-0.15, -0.1) is 0 Å². The van der Waals surface area contributed by atoms with Crippen molar-refractivity contribution in [2.45, 2.75) is 58.0 Å². The SMILES string of the molecule is C[C@H](CCCNC(=O)c1cc(NC(=O)CCCCCN)ccc1C(=O)O)NC(=O)c1ccc(NCc2cnc3nc(N)nc(N)c3n2)cc1. The first kappa shape index (κ1) is 35.9. The molecule has 0 unspecified atom stereocenters. The van der Waals surface area contributed by atoms with Gasteiger partial charge >= 0.3 is 5.97 Å². The maximum absolute atomic E-state index is 12.9. The molecule has 0 aliphatic heterocycles. The fraction of sp³-hybridized carbons (Fsp3) is 0.333. The van der Waals surface area contributed by atoms with Crippen LogP contribution >= 0.6 is 0 Å². The molecule has 49 heavy (non-hydrogen) atoms. The molecule has 0 saturated carbocycles. The van der Waals surface area contributed by atoms with Crippen LogP contribution in [0.1, 0.15) is 82.2 Å². The Hall–Kier alpha value is -5.90. The van der Waals surface area contributed by atoms with Crippen LogP contribution in [0.5, 0.6) is 0 Å². The van der Waals surface area contributed by atoms with Crippen LogP contribution in [-0.2, 0) is 11.3 Å². The third-order valence-electron chi connectivity index (χ3n) is 7.49. The lowest BCUT2D eigenvalue weighted by Gasteiger charge is -2.15. The standard InChI is InChI=1S/C33H41N11O5/c1-19(6-5-15-37-31(47)25-16-22(12-13-24(25)32(48)49)41-26(45)7-3-2-4-14-34)40-30(46)20-8-10-21(11-9-20)38-17-23-18-39-29-27(42-23)28(35)43-33(36)44-29/h8-13,16,18-19,38H,2-7,14-15,17,34H2,1H3,(H,37,47)(H,40,46)(H,41,45)(H,48,49)(H4,35,36,39,43,44)/t19-/m1/s1. The molecule has 4 rings (SSSR count). The molecule has 2 aromatic heterocycles. The van der Waals surface area contributed by atoms with Crippen LogP contribution in [0.3, 0.4) is 0 Å². The van der Waals surface area contributed by atoms with Crippen LogP contribution in [-0.4, -0.2) is 67.9 Å². The lowest BCUT2D eigenvalue weighted by molar-refractivity contribution is -0.116. The first-order valence-electron chi connectivity index (χ1n) is 15.9. The Labute approximate surface area is 282 Å². The number of rotatable bonds is 17. The second-order valence-electron chi connectivity index (χ2n) is 11.4. The van der Waals surface area contributed by atoms with E-state index < -0.39 is 11.9 Å². The molecule has 0 aliphatic rings. The molecule has 16 heteroatoms. The molecule has 0 spiro atoms. The minimum atomic E-state index is -1.25. The van der Waals surface area contributed by atoms with Gasteiger partial charge in [0.05, 0.1) is 29.6 Å². The highest BCUT2D eigenvalue weighted by Gasteiger charge is 2.18. The van der Waals surface area contributed by atoms with Crippen LogP contribution < -0.4 is 38.5 Å². The number of unbranched alkanes of at least 4 members (excludes halogenated alkanes) is 2. The van der Waals surface area contributed by atoms with Crippen LogP contribution in [0.25, 0.3) is 11.2 Å². The highest BCUT2D eigenvalue weighted by Crippen LogP contribution is 2.18. The maximum atomic E-state index is 12.9. The number of carboxylic acids is 1. The number of hydrogen-bond acceptors (Lipinski definition) is 12. The summed E-state index contributed by atoms with van der Waals surface area (Å²) in [5, 5.41) is 21.2. The largest absolute Gasteiger partial charge is 0.478 e. The maximum Gasteiger partial charge on any atom is 0.336 e. The first-order valence-corrected chi connectivity index (χ1v) is 15.9. The molecule has 0 aliphatic carbocycles. The average Bonchev–Trinajstić information content (AvgIpc) is 3.07. The zero-order chi connectivity index (χ0) is 35.3. The van der Waals surface area contributed by atoms with E-state index in [1.54, 1.807) is 30.5 Å². The Balaban J connectivity index is 1.21. The smallest absolute Gasteiger partial charge is 0.336 e. The van der Waals surface area contributed by atoms with E-state index in [-0.39, 0.29) is 47.3 Å². The first-order chi connectivity index (χ1) is 23.5. The zero-order valence-electron chi connectivity index (χ0n) is 27.2. The van der Waals surface area contributed by atoms with Crippen molar-refractivity contribution in [2.75, 3.05) is 35.2 Å². The number of hydrogen-bond donors (Lipinski definition) is 8. The van der Waals surface area contributed by atoms with Gasteiger partial charge in [0.15, 0.2) is 17.0 Å². The molecule has 16 nitrogen and oxygen atoms in total. The predicted molar refractivity (Wildman–Crippen MR) is 186 cm³/mol. The normalized spacial score (nSPS) is 11.5. The molecular formula is C33H41N11O5. The number of benzene rings is 2. The van der Waals surface area contributed by atoms with Gasteiger partial charge in [-0.2, -0.15) is 9.97 Å². The van der Waals surface area contributed by atoms with E-state index in [0.29, 0.717) is 66.9 Å². The van der Waals surface area contributed by atoms with Crippen molar-refractivity contribution in [1.82, 2.24) is 30.6 Å². The topological polar surface area (TPSA) is 266 Å². The van der Waals surface area contributed by atoms with E-state index in [9.17, 15) is 24.3 Å². The lowest BCUT2D eigenvalue weighted by atomic mass is 10.1. The molecule has 3 amide bonds. The Morgan fingerprint density at radius 2 is 1.63 bits per heavy atom. The molecule has 0 saturated heterocycles. The summed E-state index contributed by atoms with van der Waals surface area (Å²) in [4.78, 5) is 66.3. The van der Waals surface area contributed by atoms with Gasteiger partial charge in [-0.1, -0.05) is 6.42 Å². The quantitative estimate of drug-likeness (QED) is 0.0751. The number of carboxylic acid groups (broad SMARTS) is 1. The fourth-order valence-corrected chi connectivity index (χ4v) is 4.91. The summed E-state index contributed by atoms with van der Waals surface area (Å²) in [7, 11) is 0. The number of nitrogens with one attached hydrogen (secondary N) is 4. The molecule has 1 atom stereocenters. The summed E-state index contributed by atoms with van der Waals surface area (Å²) in [5.74, 6) is -2.12. The van der Waals surface area contributed by atoms with E-state index in [0.717, 1.165) is 18.5 Å². The number of nitrogen functional groups attached to an aromatic ring is 2. The average molecular weight is 672 g/mol.